The molecule has 0 aromatic rings. The highest BCUT2D eigenvalue weighted by Gasteiger charge is 2.18. The van der Waals surface area contributed by atoms with Crippen molar-refractivity contribution < 1.29 is 9.59 Å². The summed E-state index contributed by atoms with van der Waals surface area (Å²) in [6.45, 7) is 6.20. The number of hydrogen-bond donors (Lipinski definition) is 0. The topological polar surface area (TPSA) is 40.6 Å². The summed E-state index contributed by atoms with van der Waals surface area (Å²) in [7, 11) is 0. The molecule has 0 N–H and O–H groups in total. The maximum atomic E-state index is 11.6. The summed E-state index contributed by atoms with van der Waals surface area (Å²) in [6, 6.07) is 0. The van der Waals surface area contributed by atoms with Crippen LogP contribution in [0.1, 0.15) is 20.3 Å². The summed E-state index contributed by atoms with van der Waals surface area (Å²) in [5.41, 5.74) is 0. The number of carbonyl (C=O) groups excluding carboxylic acids is 2. The van der Waals surface area contributed by atoms with Crippen LogP contribution in [-0.4, -0.2) is 47.8 Å². The van der Waals surface area contributed by atoms with Crippen LogP contribution < -0.4 is 0 Å². The number of amides is 2. The molecule has 0 spiro atoms. The zero-order valence-corrected chi connectivity index (χ0v) is 9.40. The van der Waals surface area contributed by atoms with E-state index in [2.05, 4.69) is 0 Å². The lowest BCUT2D eigenvalue weighted by Gasteiger charge is -2.20. The lowest BCUT2D eigenvalue weighted by atomic mass is 10.3. The summed E-state index contributed by atoms with van der Waals surface area (Å²) < 4.78 is 0. The van der Waals surface area contributed by atoms with Gasteiger partial charge in [0.2, 0.25) is 11.8 Å². The average Bonchev–Trinajstić information content (AvgIpc) is 2.43. The van der Waals surface area contributed by atoms with Gasteiger partial charge in [0.25, 0.3) is 0 Å². The Bertz CT molecular complexity index is 274. The molecule has 4 nitrogen and oxygen atoms in total. The van der Waals surface area contributed by atoms with Crippen LogP contribution in [0.5, 0.6) is 0 Å². The Kier molecular flexibility index (Phi) is 4.34. The van der Waals surface area contributed by atoms with Crippen molar-refractivity contribution >= 4 is 11.8 Å². The number of nitrogens with zero attached hydrogens (tertiary/aromatic N) is 2. The van der Waals surface area contributed by atoms with Crippen LogP contribution in [-0.2, 0) is 9.59 Å². The van der Waals surface area contributed by atoms with E-state index in [4.69, 9.17) is 0 Å². The van der Waals surface area contributed by atoms with Crippen LogP contribution in [0.25, 0.3) is 0 Å². The van der Waals surface area contributed by atoms with Gasteiger partial charge in [-0.05, 0) is 19.4 Å². The first kappa shape index (κ1) is 11.8. The third-order valence-electron chi connectivity index (χ3n) is 2.56. The maximum Gasteiger partial charge on any atom is 0.246 e. The second-order valence-electron chi connectivity index (χ2n) is 3.68. The molecule has 4 heteroatoms. The minimum absolute atomic E-state index is 0.0444. The van der Waals surface area contributed by atoms with Gasteiger partial charge in [-0.25, -0.2) is 0 Å². The zero-order valence-electron chi connectivity index (χ0n) is 9.40. The summed E-state index contributed by atoms with van der Waals surface area (Å²) in [4.78, 5) is 26.3. The van der Waals surface area contributed by atoms with Crippen molar-refractivity contribution in [1.29, 1.82) is 0 Å². The standard InChI is InChI=1S/C11H18N2O2/c1-3-5-11(15)13-7-4-6-12(8-9-13)10(2)14/h3,5H,4,6-9H2,1-2H3/b5-3+. The van der Waals surface area contributed by atoms with Crippen molar-refractivity contribution in [3.63, 3.8) is 0 Å². The molecule has 0 saturated carbocycles. The Morgan fingerprint density at radius 2 is 1.67 bits per heavy atom. The summed E-state index contributed by atoms with van der Waals surface area (Å²) >= 11 is 0. The molecule has 0 aliphatic carbocycles. The summed E-state index contributed by atoms with van der Waals surface area (Å²) in [6.07, 6.45) is 4.18. The quantitative estimate of drug-likeness (QED) is 0.596. The van der Waals surface area contributed by atoms with Crippen molar-refractivity contribution in [2.24, 2.45) is 0 Å². The average molecular weight is 210 g/mol. The molecular formula is C11H18N2O2. The van der Waals surface area contributed by atoms with Crippen molar-refractivity contribution in [2.75, 3.05) is 26.2 Å². The molecule has 84 valence electrons. The molecule has 2 amide bonds. The van der Waals surface area contributed by atoms with Gasteiger partial charge in [-0.2, -0.15) is 0 Å². The molecule has 1 heterocycles. The Morgan fingerprint density at radius 3 is 2.27 bits per heavy atom. The van der Waals surface area contributed by atoms with Crippen molar-refractivity contribution in [1.82, 2.24) is 9.80 Å². The molecular weight excluding hydrogens is 192 g/mol. The van der Waals surface area contributed by atoms with Gasteiger partial charge in [-0.15, -0.1) is 0 Å². The number of carbonyl (C=O) groups is 2. The molecule has 15 heavy (non-hydrogen) atoms. The van der Waals surface area contributed by atoms with Crippen LogP contribution in [0, 0.1) is 0 Å². The third kappa shape index (κ3) is 3.38. The smallest absolute Gasteiger partial charge is 0.246 e. The summed E-state index contributed by atoms with van der Waals surface area (Å²) in [5.74, 6) is 0.137. The van der Waals surface area contributed by atoms with Gasteiger partial charge < -0.3 is 9.80 Å². The Morgan fingerprint density at radius 1 is 1.07 bits per heavy atom. The maximum absolute atomic E-state index is 11.6. The second kappa shape index (κ2) is 5.53. The van der Waals surface area contributed by atoms with Crippen LogP contribution in [0.4, 0.5) is 0 Å². The van der Waals surface area contributed by atoms with Gasteiger partial charge in [0.05, 0.1) is 0 Å². The predicted octanol–water partition coefficient (Wildman–Crippen LogP) is 0.643. The van der Waals surface area contributed by atoms with Crippen LogP contribution in [0.15, 0.2) is 12.2 Å². The molecule has 1 saturated heterocycles. The van der Waals surface area contributed by atoms with Gasteiger partial charge in [-0.1, -0.05) is 6.08 Å². The zero-order chi connectivity index (χ0) is 11.3. The van der Waals surface area contributed by atoms with Gasteiger partial charge >= 0.3 is 0 Å². The molecule has 0 aromatic carbocycles. The largest absolute Gasteiger partial charge is 0.341 e. The SMILES string of the molecule is C/C=C/C(=O)N1CCCN(C(C)=O)CC1. The minimum Gasteiger partial charge on any atom is -0.341 e. The highest BCUT2D eigenvalue weighted by molar-refractivity contribution is 5.87. The first-order valence-corrected chi connectivity index (χ1v) is 5.32. The molecule has 1 rings (SSSR count). The van der Waals surface area contributed by atoms with E-state index in [-0.39, 0.29) is 11.8 Å². The Labute approximate surface area is 90.5 Å². The predicted molar refractivity (Wildman–Crippen MR) is 58.3 cm³/mol. The molecule has 1 aliphatic rings. The first-order chi connectivity index (χ1) is 7.15. The highest BCUT2D eigenvalue weighted by atomic mass is 16.2. The highest BCUT2D eigenvalue weighted by Crippen LogP contribution is 2.04. The van der Waals surface area contributed by atoms with E-state index >= 15 is 0 Å². The van der Waals surface area contributed by atoms with E-state index in [9.17, 15) is 9.59 Å². The number of rotatable bonds is 1. The van der Waals surface area contributed by atoms with E-state index in [1.165, 1.54) is 0 Å². The van der Waals surface area contributed by atoms with E-state index in [1.54, 1.807) is 28.9 Å². The van der Waals surface area contributed by atoms with Crippen LogP contribution >= 0.6 is 0 Å². The van der Waals surface area contributed by atoms with Crippen molar-refractivity contribution in [2.45, 2.75) is 20.3 Å². The normalized spacial score (nSPS) is 18.0. The monoisotopic (exact) mass is 210 g/mol. The first-order valence-electron chi connectivity index (χ1n) is 5.32. The lowest BCUT2D eigenvalue weighted by molar-refractivity contribution is -0.130. The molecule has 0 aromatic heterocycles. The minimum atomic E-state index is 0.0444. The molecule has 1 aliphatic heterocycles. The Balaban J connectivity index is 2.52. The molecule has 1 fully saturated rings. The van der Waals surface area contributed by atoms with E-state index in [1.807, 2.05) is 6.92 Å². The summed E-state index contributed by atoms with van der Waals surface area (Å²) in [5, 5.41) is 0. The fourth-order valence-corrected chi connectivity index (χ4v) is 1.70. The lowest BCUT2D eigenvalue weighted by Crippen LogP contribution is -2.35. The van der Waals surface area contributed by atoms with E-state index in [0.717, 1.165) is 19.5 Å². The molecule has 0 atom stereocenters. The molecule has 0 unspecified atom stereocenters. The van der Waals surface area contributed by atoms with Gasteiger partial charge in [-0.3, -0.25) is 9.59 Å². The number of allylic oxidation sites excluding steroid dienone is 1. The Hall–Kier alpha value is -1.32. The fourth-order valence-electron chi connectivity index (χ4n) is 1.70. The van der Waals surface area contributed by atoms with E-state index in [0.29, 0.717) is 13.1 Å². The number of hydrogen-bond acceptors (Lipinski definition) is 2. The van der Waals surface area contributed by atoms with Crippen LogP contribution in [0.2, 0.25) is 0 Å². The van der Waals surface area contributed by atoms with E-state index < -0.39 is 0 Å². The third-order valence-corrected chi connectivity index (χ3v) is 2.56. The second-order valence-corrected chi connectivity index (χ2v) is 3.68. The fraction of sp³-hybridized carbons (Fsp3) is 0.636. The molecule has 0 bridgehead atoms. The van der Waals surface area contributed by atoms with Gasteiger partial charge in [0.15, 0.2) is 0 Å². The van der Waals surface area contributed by atoms with Crippen molar-refractivity contribution in [3.8, 4) is 0 Å². The van der Waals surface area contributed by atoms with Crippen molar-refractivity contribution in [3.05, 3.63) is 12.2 Å². The van der Waals surface area contributed by atoms with Crippen LogP contribution in [0.3, 0.4) is 0 Å². The molecule has 0 radical (unpaired) electrons. The van der Waals surface area contributed by atoms with Gasteiger partial charge in [0, 0.05) is 33.1 Å². The van der Waals surface area contributed by atoms with Gasteiger partial charge in [0.1, 0.15) is 0 Å².